The van der Waals surface area contributed by atoms with E-state index in [0.717, 1.165) is 16.7 Å². The van der Waals surface area contributed by atoms with E-state index in [9.17, 15) is 4.79 Å². The normalized spacial score (nSPS) is 10.4. The molecule has 100 valence electrons. The van der Waals surface area contributed by atoms with Crippen molar-refractivity contribution < 1.29 is 9.53 Å². The third-order valence-electron chi connectivity index (χ3n) is 2.86. The minimum absolute atomic E-state index is 0.250. The van der Waals surface area contributed by atoms with Gasteiger partial charge in [-0.05, 0) is 22.8 Å². The minimum Gasteiger partial charge on any atom is -0.458 e. The predicted molar refractivity (Wildman–Crippen MR) is 81.8 cm³/mol. The van der Waals surface area contributed by atoms with Crippen molar-refractivity contribution >= 4 is 18.1 Å². The Hall–Kier alpha value is -2.61. The smallest absolute Gasteiger partial charge is 0.331 e. The number of hydrogen-bond donors (Lipinski definition) is 0. The van der Waals surface area contributed by atoms with Crippen LogP contribution in [0.1, 0.15) is 16.7 Å². The van der Waals surface area contributed by atoms with Crippen molar-refractivity contribution in [2.45, 2.75) is 6.61 Å². The third kappa shape index (κ3) is 3.95. The van der Waals surface area contributed by atoms with Crippen molar-refractivity contribution in [1.29, 1.82) is 0 Å². The van der Waals surface area contributed by atoms with Crippen molar-refractivity contribution in [3.05, 3.63) is 83.9 Å². The number of rotatable bonds is 5. The number of hydrogen-bond acceptors (Lipinski definition) is 2. The molecule has 0 aromatic heterocycles. The molecular weight excluding hydrogens is 248 g/mol. The van der Waals surface area contributed by atoms with Gasteiger partial charge in [0.1, 0.15) is 6.61 Å². The highest BCUT2D eigenvalue weighted by Crippen LogP contribution is 2.11. The van der Waals surface area contributed by atoms with E-state index in [-0.39, 0.29) is 12.6 Å². The molecule has 0 fully saturated rings. The van der Waals surface area contributed by atoms with Gasteiger partial charge < -0.3 is 4.74 Å². The Morgan fingerprint density at radius 2 is 1.75 bits per heavy atom. The summed E-state index contributed by atoms with van der Waals surface area (Å²) in [5, 5.41) is 0. The highest BCUT2D eigenvalue weighted by molar-refractivity contribution is 5.87. The summed E-state index contributed by atoms with van der Waals surface area (Å²) in [5.74, 6) is -0.354. The van der Waals surface area contributed by atoms with Crippen molar-refractivity contribution in [2.75, 3.05) is 0 Å². The number of carbonyl (C=O) groups excluding carboxylic acids is 1. The summed E-state index contributed by atoms with van der Waals surface area (Å²) < 4.78 is 5.22. The average Bonchev–Trinajstić information content (AvgIpc) is 2.52. The van der Waals surface area contributed by atoms with Crippen molar-refractivity contribution in [3.8, 4) is 0 Å². The molecule has 2 nitrogen and oxygen atoms in total. The van der Waals surface area contributed by atoms with E-state index in [2.05, 4.69) is 6.58 Å². The van der Waals surface area contributed by atoms with E-state index in [1.165, 1.54) is 6.08 Å². The lowest BCUT2D eigenvalue weighted by Gasteiger charge is -2.05. The van der Waals surface area contributed by atoms with Crippen LogP contribution in [0, 0.1) is 0 Å². The zero-order valence-corrected chi connectivity index (χ0v) is 11.2. The lowest BCUT2D eigenvalue weighted by molar-refractivity contribution is -0.138. The van der Waals surface area contributed by atoms with Gasteiger partial charge in [-0.2, -0.15) is 0 Å². The van der Waals surface area contributed by atoms with Crippen LogP contribution in [0.3, 0.4) is 0 Å². The van der Waals surface area contributed by atoms with Crippen molar-refractivity contribution in [1.82, 2.24) is 0 Å². The molecule has 0 radical (unpaired) electrons. The topological polar surface area (TPSA) is 26.3 Å². The van der Waals surface area contributed by atoms with Gasteiger partial charge in [0, 0.05) is 6.08 Å². The zero-order valence-electron chi connectivity index (χ0n) is 11.2. The van der Waals surface area contributed by atoms with Crippen LogP contribution in [-0.2, 0) is 16.1 Å². The molecule has 0 saturated heterocycles. The summed E-state index contributed by atoms with van der Waals surface area (Å²) in [6.45, 7) is 3.99. The Morgan fingerprint density at radius 3 is 2.50 bits per heavy atom. The molecule has 0 aliphatic heterocycles. The Kier molecular flexibility index (Phi) is 4.90. The molecule has 0 heterocycles. The van der Waals surface area contributed by atoms with Crippen molar-refractivity contribution in [3.63, 3.8) is 0 Å². The molecule has 0 aliphatic carbocycles. The van der Waals surface area contributed by atoms with E-state index in [0.29, 0.717) is 0 Å². The van der Waals surface area contributed by atoms with Crippen LogP contribution in [-0.4, -0.2) is 5.97 Å². The fourth-order valence-electron chi connectivity index (χ4n) is 1.79. The first-order chi connectivity index (χ1) is 9.79. The molecule has 2 aromatic rings. The minimum atomic E-state index is -0.354. The van der Waals surface area contributed by atoms with E-state index < -0.39 is 0 Å². The van der Waals surface area contributed by atoms with Crippen LogP contribution in [0.5, 0.6) is 0 Å². The van der Waals surface area contributed by atoms with Crippen LogP contribution in [0.2, 0.25) is 0 Å². The van der Waals surface area contributed by atoms with Gasteiger partial charge in [0.2, 0.25) is 0 Å². The molecule has 0 amide bonds. The van der Waals surface area contributed by atoms with Crippen molar-refractivity contribution in [2.24, 2.45) is 0 Å². The van der Waals surface area contributed by atoms with E-state index in [4.69, 9.17) is 4.74 Å². The lowest BCUT2D eigenvalue weighted by atomic mass is 10.1. The number of benzene rings is 2. The summed E-state index contributed by atoms with van der Waals surface area (Å²) in [4.78, 5) is 11.7. The Balaban J connectivity index is 1.92. The molecule has 0 atom stereocenters. The second-order valence-corrected chi connectivity index (χ2v) is 4.25. The molecule has 2 aromatic carbocycles. The van der Waals surface area contributed by atoms with Gasteiger partial charge in [-0.1, -0.05) is 67.3 Å². The number of carbonyl (C=O) groups is 1. The van der Waals surface area contributed by atoms with Gasteiger partial charge in [0.25, 0.3) is 0 Å². The Labute approximate surface area is 119 Å². The molecule has 0 unspecified atom stereocenters. The SMILES string of the molecule is C=Cc1ccccc1COC(=O)/C=C/c1ccccc1. The molecule has 0 aliphatic rings. The standard InChI is InChI=1S/C18H16O2/c1-2-16-10-6-7-11-17(16)14-20-18(19)13-12-15-8-4-3-5-9-15/h2-13H,1,14H2/b13-12+. The fraction of sp³-hybridized carbons (Fsp3) is 0.0556. The highest BCUT2D eigenvalue weighted by atomic mass is 16.5. The predicted octanol–water partition coefficient (Wildman–Crippen LogP) is 4.09. The lowest BCUT2D eigenvalue weighted by Crippen LogP contribution is -2.01. The van der Waals surface area contributed by atoms with Gasteiger partial charge in [-0.15, -0.1) is 0 Å². The summed E-state index contributed by atoms with van der Waals surface area (Å²) >= 11 is 0. The van der Waals surface area contributed by atoms with Gasteiger partial charge in [0.05, 0.1) is 0 Å². The first kappa shape index (κ1) is 13.8. The second kappa shape index (κ2) is 7.10. The monoisotopic (exact) mass is 264 g/mol. The Morgan fingerprint density at radius 1 is 1.05 bits per heavy atom. The molecule has 0 saturated carbocycles. The quantitative estimate of drug-likeness (QED) is 0.600. The number of ether oxygens (including phenoxy) is 1. The fourth-order valence-corrected chi connectivity index (χ4v) is 1.79. The molecule has 0 N–H and O–H groups in total. The van der Waals surface area contributed by atoms with Gasteiger partial charge in [-0.25, -0.2) is 4.79 Å². The highest BCUT2D eigenvalue weighted by Gasteiger charge is 2.01. The third-order valence-corrected chi connectivity index (χ3v) is 2.86. The van der Waals surface area contributed by atoms with Gasteiger partial charge in [-0.3, -0.25) is 0 Å². The summed E-state index contributed by atoms with van der Waals surface area (Å²) in [6, 6.07) is 17.3. The van der Waals surface area contributed by atoms with Crippen LogP contribution in [0.15, 0.2) is 67.3 Å². The first-order valence-electron chi connectivity index (χ1n) is 6.40. The van der Waals surface area contributed by atoms with E-state index in [1.54, 1.807) is 12.2 Å². The first-order valence-corrected chi connectivity index (χ1v) is 6.40. The number of esters is 1. The van der Waals surface area contributed by atoms with E-state index in [1.807, 2.05) is 54.6 Å². The molecule has 20 heavy (non-hydrogen) atoms. The van der Waals surface area contributed by atoms with Crippen LogP contribution in [0.25, 0.3) is 12.2 Å². The maximum atomic E-state index is 11.7. The van der Waals surface area contributed by atoms with E-state index >= 15 is 0 Å². The molecule has 2 heteroatoms. The summed E-state index contributed by atoms with van der Waals surface area (Å²) in [5.41, 5.74) is 2.90. The van der Waals surface area contributed by atoms with Crippen LogP contribution >= 0.6 is 0 Å². The van der Waals surface area contributed by atoms with Crippen LogP contribution in [0.4, 0.5) is 0 Å². The van der Waals surface area contributed by atoms with Gasteiger partial charge >= 0.3 is 5.97 Å². The molecule has 0 spiro atoms. The van der Waals surface area contributed by atoms with Crippen LogP contribution < -0.4 is 0 Å². The zero-order chi connectivity index (χ0) is 14.2. The largest absolute Gasteiger partial charge is 0.458 e. The average molecular weight is 264 g/mol. The molecule has 0 bridgehead atoms. The second-order valence-electron chi connectivity index (χ2n) is 4.25. The summed E-state index contributed by atoms with van der Waals surface area (Å²) in [7, 11) is 0. The Bertz CT molecular complexity index is 612. The maximum absolute atomic E-state index is 11.7. The summed E-state index contributed by atoms with van der Waals surface area (Å²) in [6.07, 6.45) is 4.93. The van der Waals surface area contributed by atoms with Gasteiger partial charge in [0.15, 0.2) is 0 Å². The molecular formula is C18H16O2. The maximum Gasteiger partial charge on any atom is 0.331 e. The molecule has 2 rings (SSSR count).